The van der Waals surface area contributed by atoms with Crippen LogP contribution in [-0.4, -0.2) is 19.4 Å². The lowest BCUT2D eigenvalue weighted by Gasteiger charge is -2.12. The number of sulfonamides is 1. The van der Waals surface area contributed by atoms with Gasteiger partial charge in [0.25, 0.3) is 10.0 Å². The second-order valence-corrected chi connectivity index (χ2v) is 8.83. The standard InChI is InChI=1S/C21H16ClF3N2O4S/c22-15-2-1-3-16(11-15)27-32(30,31)17-8-9-19(28)18(12-17)26-20(29)10-13-4-6-14(7-5-13)21(23,24)25/h1-9,11-12,27-28H,10H2,(H,26,29). The van der Waals surface area contributed by atoms with Crippen LogP contribution in [0.4, 0.5) is 24.5 Å². The van der Waals surface area contributed by atoms with Gasteiger partial charge in [-0.05, 0) is 54.1 Å². The first-order chi connectivity index (χ1) is 14.9. The monoisotopic (exact) mass is 484 g/mol. The van der Waals surface area contributed by atoms with Gasteiger partial charge in [-0.1, -0.05) is 29.8 Å². The van der Waals surface area contributed by atoms with Crippen molar-refractivity contribution in [2.24, 2.45) is 0 Å². The number of benzene rings is 3. The fourth-order valence-electron chi connectivity index (χ4n) is 2.74. The summed E-state index contributed by atoms with van der Waals surface area (Å²) in [6.45, 7) is 0. The number of anilines is 2. The maximum atomic E-state index is 12.6. The molecule has 0 saturated heterocycles. The highest BCUT2D eigenvalue weighted by Gasteiger charge is 2.30. The molecule has 0 fully saturated rings. The fourth-order valence-corrected chi connectivity index (χ4v) is 4.01. The van der Waals surface area contributed by atoms with E-state index in [1.807, 2.05) is 0 Å². The van der Waals surface area contributed by atoms with E-state index < -0.39 is 27.7 Å². The summed E-state index contributed by atoms with van der Waals surface area (Å²) < 4.78 is 65.5. The molecule has 0 atom stereocenters. The highest BCUT2D eigenvalue weighted by molar-refractivity contribution is 7.92. The van der Waals surface area contributed by atoms with Gasteiger partial charge in [0.15, 0.2) is 0 Å². The lowest BCUT2D eigenvalue weighted by atomic mass is 10.1. The van der Waals surface area contributed by atoms with Crippen LogP contribution >= 0.6 is 11.6 Å². The molecule has 0 unspecified atom stereocenters. The van der Waals surface area contributed by atoms with Crippen LogP contribution in [0.25, 0.3) is 0 Å². The average Bonchev–Trinajstić information content (AvgIpc) is 2.69. The molecule has 0 aliphatic carbocycles. The molecule has 1 amide bonds. The van der Waals surface area contributed by atoms with Gasteiger partial charge in [-0.3, -0.25) is 9.52 Å². The minimum atomic E-state index is -4.49. The molecule has 0 aliphatic heterocycles. The van der Waals surface area contributed by atoms with E-state index in [2.05, 4.69) is 10.0 Å². The number of phenolic OH excluding ortho intramolecular Hbond substituents is 1. The van der Waals surface area contributed by atoms with Gasteiger partial charge in [-0.25, -0.2) is 8.42 Å². The third-order valence-corrected chi connectivity index (χ3v) is 5.89. The molecule has 0 saturated carbocycles. The predicted molar refractivity (Wildman–Crippen MR) is 114 cm³/mol. The van der Waals surface area contributed by atoms with Crippen molar-refractivity contribution in [1.29, 1.82) is 0 Å². The smallest absolute Gasteiger partial charge is 0.416 e. The van der Waals surface area contributed by atoms with Gasteiger partial charge < -0.3 is 10.4 Å². The largest absolute Gasteiger partial charge is 0.506 e. The predicted octanol–water partition coefficient (Wildman–Crippen LogP) is 5.05. The maximum Gasteiger partial charge on any atom is 0.416 e. The van der Waals surface area contributed by atoms with Crippen molar-refractivity contribution in [3.8, 4) is 5.75 Å². The number of carbonyl (C=O) groups is 1. The van der Waals surface area contributed by atoms with Crippen LogP contribution < -0.4 is 10.0 Å². The van der Waals surface area contributed by atoms with Crippen LogP contribution in [0, 0.1) is 0 Å². The summed E-state index contributed by atoms with van der Waals surface area (Å²) in [4.78, 5) is 12.0. The Morgan fingerprint density at radius 3 is 2.31 bits per heavy atom. The molecule has 6 nitrogen and oxygen atoms in total. The van der Waals surface area contributed by atoms with Crippen molar-refractivity contribution in [2.45, 2.75) is 17.5 Å². The maximum absolute atomic E-state index is 12.6. The fraction of sp³-hybridized carbons (Fsp3) is 0.0952. The Morgan fingerprint density at radius 2 is 1.69 bits per heavy atom. The van der Waals surface area contributed by atoms with Crippen LogP contribution in [0.2, 0.25) is 5.02 Å². The molecule has 3 aromatic carbocycles. The zero-order chi connectivity index (χ0) is 23.5. The lowest BCUT2D eigenvalue weighted by Crippen LogP contribution is -2.16. The van der Waals surface area contributed by atoms with Crippen molar-refractivity contribution in [1.82, 2.24) is 0 Å². The molecular formula is C21H16ClF3N2O4S. The van der Waals surface area contributed by atoms with Gasteiger partial charge in [0.1, 0.15) is 5.75 Å². The second-order valence-electron chi connectivity index (χ2n) is 6.71. The van der Waals surface area contributed by atoms with E-state index in [9.17, 15) is 31.5 Å². The Morgan fingerprint density at radius 1 is 1.00 bits per heavy atom. The number of carbonyl (C=O) groups excluding carboxylic acids is 1. The highest BCUT2D eigenvalue weighted by atomic mass is 35.5. The van der Waals surface area contributed by atoms with Crippen molar-refractivity contribution >= 4 is 38.9 Å². The van der Waals surface area contributed by atoms with Gasteiger partial charge in [0.2, 0.25) is 5.91 Å². The van der Waals surface area contributed by atoms with Crippen molar-refractivity contribution in [2.75, 3.05) is 10.0 Å². The number of hydrogen-bond donors (Lipinski definition) is 3. The van der Waals surface area contributed by atoms with E-state index in [4.69, 9.17) is 11.6 Å². The molecule has 0 aliphatic rings. The number of halogens is 4. The van der Waals surface area contributed by atoms with Crippen molar-refractivity contribution in [3.63, 3.8) is 0 Å². The van der Waals surface area contributed by atoms with Crippen LogP contribution in [0.5, 0.6) is 5.75 Å². The number of nitrogens with one attached hydrogen (secondary N) is 2. The van der Waals surface area contributed by atoms with Gasteiger partial charge in [0.05, 0.1) is 28.3 Å². The topological polar surface area (TPSA) is 95.5 Å². The van der Waals surface area contributed by atoms with Crippen LogP contribution in [0.1, 0.15) is 11.1 Å². The molecule has 0 radical (unpaired) electrons. The summed E-state index contributed by atoms with van der Waals surface area (Å²) in [7, 11) is -4.06. The Hall–Kier alpha value is -3.24. The summed E-state index contributed by atoms with van der Waals surface area (Å²) >= 11 is 5.85. The number of alkyl halides is 3. The average molecular weight is 485 g/mol. The quantitative estimate of drug-likeness (QED) is 0.427. The molecule has 168 valence electrons. The summed E-state index contributed by atoms with van der Waals surface area (Å²) in [5.41, 5.74) is -0.486. The molecule has 0 spiro atoms. The van der Waals surface area contributed by atoms with E-state index in [0.29, 0.717) is 10.6 Å². The second kappa shape index (κ2) is 9.09. The molecule has 11 heteroatoms. The summed E-state index contributed by atoms with van der Waals surface area (Å²) in [5, 5.41) is 12.7. The molecule has 0 aromatic heterocycles. The first kappa shape index (κ1) is 23.4. The molecule has 3 aromatic rings. The lowest BCUT2D eigenvalue weighted by molar-refractivity contribution is -0.137. The molecule has 0 heterocycles. The first-order valence-electron chi connectivity index (χ1n) is 9.01. The minimum Gasteiger partial charge on any atom is -0.506 e. The zero-order valence-electron chi connectivity index (χ0n) is 16.2. The molecule has 0 bridgehead atoms. The zero-order valence-corrected chi connectivity index (χ0v) is 17.7. The summed E-state index contributed by atoms with van der Waals surface area (Å²) in [6, 6.07) is 13.4. The Labute approximate surface area is 186 Å². The van der Waals surface area contributed by atoms with E-state index in [0.717, 1.165) is 42.5 Å². The third kappa shape index (κ3) is 5.92. The van der Waals surface area contributed by atoms with E-state index in [-0.39, 0.29) is 28.4 Å². The minimum absolute atomic E-state index is 0.170. The Balaban J connectivity index is 1.74. The summed E-state index contributed by atoms with van der Waals surface area (Å²) in [6.07, 6.45) is -4.77. The molecule has 3 rings (SSSR count). The highest BCUT2D eigenvalue weighted by Crippen LogP contribution is 2.30. The third-order valence-electron chi connectivity index (χ3n) is 4.28. The van der Waals surface area contributed by atoms with E-state index in [1.165, 1.54) is 12.1 Å². The molecule has 3 N–H and O–H groups in total. The van der Waals surface area contributed by atoms with Gasteiger partial charge in [0, 0.05) is 5.02 Å². The van der Waals surface area contributed by atoms with Gasteiger partial charge in [-0.2, -0.15) is 13.2 Å². The molecule has 32 heavy (non-hydrogen) atoms. The normalized spacial score (nSPS) is 11.8. The van der Waals surface area contributed by atoms with Gasteiger partial charge >= 0.3 is 6.18 Å². The molecular weight excluding hydrogens is 469 g/mol. The SMILES string of the molecule is O=C(Cc1ccc(C(F)(F)F)cc1)Nc1cc(S(=O)(=O)Nc2cccc(Cl)c2)ccc1O. The Kier molecular flexibility index (Phi) is 6.65. The summed E-state index contributed by atoms with van der Waals surface area (Å²) in [5.74, 6) is -1.04. The first-order valence-corrected chi connectivity index (χ1v) is 10.9. The van der Waals surface area contributed by atoms with Crippen LogP contribution in [0.3, 0.4) is 0 Å². The Bertz CT molecular complexity index is 1250. The van der Waals surface area contributed by atoms with E-state index >= 15 is 0 Å². The van der Waals surface area contributed by atoms with Crippen LogP contribution in [0.15, 0.2) is 71.6 Å². The van der Waals surface area contributed by atoms with Crippen molar-refractivity contribution < 1.29 is 31.5 Å². The number of aromatic hydroxyl groups is 1. The van der Waals surface area contributed by atoms with Gasteiger partial charge in [-0.15, -0.1) is 0 Å². The number of rotatable bonds is 6. The van der Waals surface area contributed by atoms with E-state index in [1.54, 1.807) is 12.1 Å². The number of phenols is 1. The number of amides is 1. The van der Waals surface area contributed by atoms with Crippen molar-refractivity contribution in [3.05, 3.63) is 82.9 Å². The number of hydrogen-bond acceptors (Lipinski definition) is 4. The van der Waals surface area contributed by atoms with Crippen LogP contribution in [-0.2, 0) is 27.4 Å².